The Hall–Kier alpha value is -1.14. The molecule has 0 aromatic rings. The Balaban J connectivity index is 2.72. The summed E-state index contributed by atoms with van der Waals surface area (Å²) in [4.78, 5) is 24.4. The molecule has 0 aromatic heterocycles. The average molecular weight is 258 g/mol. The van der Waals surface area contributed by atoms with Gasteiger partial charge in [0, 0.05) is 12.6 Å². The summed E-state index contributed by atoms with van der Waals surface area (Å²) in [5, 5.41) is 8.84. The normalized spacial score (nSPS) is 25.8. The molecule has 1 aliphatic heterocycles. The number of hydrogen-bond donors (Lipinski definition) is 2. The lowest BCUT2D eigenvalue weighted by Crippen LogP contribution is -2.53. The van der Waals surface area contributed by atoms with Crippen LogP contribution in [0.15, 0.2) is 0 Å². The molecule has 6 heteroatoms. The molecule has 1 aliphatic rings. The van der Waals surface area contributed by atoms with Gasteiger partial charge in [-0.05, 0) is 33.6 Å². The number of carbonyl (C=O) groups excluding carboxylic acids is 1. The van der Waals surface area contributed by atoms with Crippen molar-refractivity contribution in [3.05, 3.63) is 0 Å². The summed E-state index contributed by atoms with van der Waals surface area (Å²) >= 11 is 0. The summed E-state index contributed by atoms with van der Waals surface area (Å²) < 4.78 is 5.31. The molecule has 1 saturated heterocycles. The summed E-state index contributed by atoms with van der Waals surface area (Å²) in [5.74, 6) is -1.34. The Kier molecular flexibility index (Phi) is 4.70. The van der Waals surface area contributed by atoms with Crippen molar-refractivity contribution in [2.45, 2.75) is 51.3 Å². The first-order valence-electron chi connectivity index (χ1n) is 6.13. The second-order valence-electron chi connectivity index (χ2n) is 5.70. The van der Waals surface area contributed by atoms with Gasteiger partial charge >= 0.3 is 11.9 Å². The van der Waals surface area contributed by atoms with Crippen LogP contribution in [-0.2, 0) is 14.3 Å². The number of hydrogen-bond acceptors (Lipinski definition) is 5. The van der Waals surface area contributed by atoms with Gasteiger partial charge in [0.2, 0.25) is 0 Å². The number of aliphatic carboxylic acids is 1. The topological polar surface area (TPSA) is 92.9 Å². The number of carboxylic acids is 1. The predicted molar refractivity (Wildman–Crippen MR) is 66.1 cm³/mol. The number of piperidine rings is 1. The smallest absolute Gasteiger partial charge is 0.323 e. The zero-order valence-electron chi connectivity index (χ0n) is 11.2. The van der Waals surface area contributed by atoms with Gasteiger partial charge in [-0.3, -0.25) is 14.5 Å². The van der Waals surface area contributed by atoms with Gasteiger partial charge in [0.25, 0.3) is 0 Å². The molecule has 0 radical (unpaired) electrons. The van der Waals surface area contributed by atoms with E-state index in [1.165, 1.54) is 0 Å². The lowest BCUT2D eigenvalue weighted by atomic mass is 9.97. The molecule has 0 amide bonds. The van der Waals surface area contributed by atoms with Crippen LogP contribution in [0.2, 0.25) is 0 Å². The monoisotopic (exact) mass is 258 g/mol. The van der Waals surface area contributed by atoms with Crippen LogP contribution in [0.3, 0.4) is 0 Å². The largest absolute Gasteiger partial charge is 0.480 e. The molecule has 2 unspecified atom stereocenters. The van der Waals surface area contributed by atoms with Crippen molar-refractivity contribution >= 4 is 11.9 Å². The molecule has 2 atom stereocenters. The van der Waals surface area contributed by atoms with Crippen LogP contribution in [-0.4, -0.2) is 52.7 Å². The van der Waals surface area contributed by atoms with Crippen LogP contribution in [0, 0.1) is 0 Å². The molecule has 0 aromatic carbocycles. The zero-order chi connectivity index (χ0) is 13.9. The highest BCUT2D eigenvalue weighted by atomic mass is 16.6. The van der Waals surface area contributed by atoms with E-state index >= 15 is 0 Å². The molecule has 0 bridgehead atoms. The standard InChI is InChI=1S/C12H22N2O4/c1-12(2,3)18-11(17)9-6-8(13)4-5-14(9)7-10(15)16/h8-9H,4-7,13H2,1-3H3,(H,15,16). The molecule has 1 heterocycles. The van der Waals surface area contributed by atoms with Gasteiger partial charge < -0.3 is 15.6 Å². The van der Waals surface area contributed by atoms with Crippen LogP contribution in [0.5, 0.6) is 0 Å². The van der Waals surface area contributed by atoms with E-state index in [9.17, 15) is 9.59 Å². The second kappa shape index (κ2) is 5.67. The van der Waals surface area contributed by atoms with E-state index in [2.05, 4.69) is 0 Å². The number of esters is 1. The maximum Gasteiger partial charge on any atom is 0.323 e. The Morgan fingerprint density at radius 2 is 2.06 bits per heavy atom. The first-order chi connectivity index (χ1) is 8.19. The van der Waals surface area contributed by atoms with Crippen LogP contribution in [0.25, 0.3) is 0 Å². The number of carboxylic acid groups (broad SMARTS) is 1. The van der Waals surface area contributed by atoms with Crippen molar-refractivity contribution in [1.82, 2.24) is 4.90 Å². The van der Waals surface area contributed by atoms with Crippen LogP contribution in [0.4, 0.5) is 0 Å². The van der Waals surface area contributed by atoms with Crippen LogP contribution >= 0.6 is 0 Å². The summed E-state index contributed by atoms with van der Waals surface area (Å²) in [5.41, 5.74) is 5.26. The van der Waals surface area contributed by atoms with E-state index in [1.807, 2.05) is 0 Å². The number of nitrogens with zero attached hydrogens (tertiary/aromatic N) is 1. The molecular weight excluding hydrogens is 236 g/mol. The quantitative estimate of drug-likeness (QED) is 0.703. The third kappa shape index (κ3) is 4.62. The van der Waals surface area contributed by atoms with Gasteiger partial charge in [-0.2, -0.15) is 0 Å². The number of carbonyl (C=O) groups is 2. The summed E-state index contributed by atoms with van der Waals surface area (Å²) in [6.45, 7) is 5.72. The average Bonchev–Trinajstić information content (AvgIpc) is 2.17. The first-order valence-corrected chi connectivity index (χ1v) is 6.13. The number of rotatable bonds is 3. The molecule has 0 spiro atoms. The maximum absolute atomic E-state index is 12.0. The summed E-state index contributed by atoms with van der Waals surface area (Å²) in [7, 11) is 0. The molecule has 1 rings (SSSR count). The van der Waals surface area contributed by atoms with Gasteiger partial charge in [-0.15, -0.1) is 0 Å². The van der Waals surface area contributed by atoms with Crippen molar-refractivity contribution in [3.8, 4) is 0 Å². The van der Waals surface area contributed by atoms with Gasteiger partial charge in [0.1, 0.15) is 11.6 Å². The molecular formula is C12H22N2O4. The molecule has 0 saturated carbocycles. The fraction of sp³-hybridized carbons (Fsp3) is 0.833. The fourth-order valence-corrected chi connectivity index (χ4v) is 2.02. The zero-order valence-corrected chi connectivity index (χ0v) is 11.2. The van der Waals surface area contributed by atoms with E-state index < -0.39 is 17.6 Å². The lowest BCUT2D eigenvalue weighted by molar-refractivity contribution is -0.164. The van der Waals surface area contributed by atoms with E-state index in [1.54, 1.807) is 25.7 Å². The van der Waals surface area contributed by atoms with Crippen molar-refractivity contribution < 1.29 is 19.4 Å². The second-order valence-corrected chi connectivity index (χ2v) is 5.70. The minimum Gasteiger partial charge on any atom is -0.480 e. The van der Waals surface area contributed by atoms with Crippen LogP contribution in [0.1, 0.15) is 33.6 Å². The van der Waals surface area contributed by atoms with Crippen LogP contribution < -0.4 is 5.73 Å². The van der Waals surface area contributed by atoms with Crippen molar-refractivity contribution in [1.29, 1.82) is 0 Å². The fourth-order valence-electron chi connectivity index (χ4n) is 2.02. The Morgan fingerprint density at radius 1 is 1.44 bits per heavy atom. The lowest BCUT2D eigenvalue weighted by Gasteiger charge is -2.37. The van der Waals surface area contributed by atoms with Crippen molar-refractivity contribution in [2.75, 3.05) is 13.1 Å². The number of likely N-dealkylation sites (tertiary alicyclic amines) is 1. The van der Waals surface area contributed by atoms with E-state index in [0.29, 0.717) is 19.4 Å². The van der Waals surface area contributed by atoms with Crippen molar-refractivity contribution in [2.24, 2.45) is 5.73 Å². The molecule has 18 heavy (non-hydrogen) atoms. The Labute approximate surface area is 107 Å². The predicted octanol–water partition coefficient (Wildman–Crippen LogP) is 0.204. The Bertz CT molecular complexity index is 325. The van der Waals surface area contributed by atoms with Crippen molar-refractivity contribution in [3.63, 3.8) is 0 Å². The highest BCUT2D eigenvalue weighted by molar-refractivity contribution is 5.78. The Morgan fingerprint density at radius 3 is 2.56 bits per heavy atom. The summed E-state index contributed by atoms with van der Waals surface area (Å²) in [6, 6.07) is -0.628. The summed E-state index contributed by atoms with van der Waals surface area (Å²) in [6.07, 6.45) is 1.15. The number of nitrogens with two attached hydrogens (primary N) is 1. The third-order valence-electron chi connectivity index (χ3n) is 2.77. The van der Waals surface area contributed by atoms with E-state index in [4.69, 9.17) is 15.6 Å². The molecule has 6 nitrogen and oxygen atoms in total. The van der Waals surface area contributed by atoms with Gasteiger partial charge in [-0.25, -0.2) is 0 Å². The highest BCUT2D eigenvalue weighted by Crippen LogP contribution is 2.20. The molecule has 1 fully saturated rings. The van der Waals surface area contributed by atoms with Gasteiger partial charge in [0.15, 0.2) is 0 Å². The first kappa shape index (κ1) is 14.9. The van der Waals surface area contributed by atoms with Gasteiger partial charge in [-0.1, -0.05) is 0 Å². The third-order valence-corrected chi connectivity index (χ3v) is 2.77. The maximum atomic E-state index is 12.0. The molecule has 0 aliphatic carbocycles. The number of ether oxygens (including phenoxy) is 1. The van der Waals surface area contributed by atoms with E-state index in [-0.39, 0.29) is 18.6 Å². The minimum atomic E-state index is -0.945. The molecule has 104 valence electrons. The SMILES string of the molecule is CC(C)(C)OC(=O)C1CC(N)CCN1CC(=O)O. The minimum absolute atomic E-state index is 0.0763. The van der Waals surface area contributed by atoms with E-state index in [0.717, 1.165) is 0 Å². The highest BCUT2D eigenvalue weighted by Gasteiger charge is 2.35. The molecule has 3 N–H and O–H groups in total. The van der Waals surface area contributed by atoms with Gasteiger partial charge in [0.05, 0.1) is 6.54 Å².